The van der Waals surface area contributed by atoms with Gasteiger partial charge < -0.3 is 10.4 Å². The minimum Gasteiger partial charge on any atom is -0.391 e. The van der Waals surface area contributed by atoms with Gasteiger partial charge in [0.25, 0.3) is 0 Å². The number of aliphatic hydroxyl groups excluding tert-OH is 1. The molecule has 0 bridgehead atoms. The highest BCUT2D eigenvalue weighted by molar-refractivity contribution is 7.84. The first-order valence-corrected chi connectivity index (χ1v) is 7.97. The van der Waals surface area contributed by atoms with Crippen LogP contribution in [-0.2, 0) is 16.6 Å². The molecule has 0 aliphatic rings. The minimum absolute atomic E-state index is 0.280. The van der Waals surface area contributed by atoms with E-state index in [9.17, 15) is 9.32 Å². The molecular formula is C13H20ClNO2S. The van der Waals surface area contributed by atoms with Crippen LogP contribution in [-0.4, -0.2) is 34.3 Å². The van der Waals surface area contributed by atoms with Gasteiger partial charge in [0.1, 0.15) is 0 Å². The number of hydrogen-bond donors (Lipinski definition) is 2. The van der Waals surface area contributed by atoms with Crippen LogP contribution in [0, 0.1) is 0 Å². The van der Waals surface area contributed by atoms with Crippen LogP contribution in [0.2, 0.25) is 5.02 Å². The van der Waals surface area contributed by atoms with E-state index in [2.05, 4.69) is 12.2 Å². The fourth-order valence-electron chi connectivity index (χ4n) is 1.57. The van der Waals surface area contributed by atoms with E-state index in [0.29, 0.717) is 17.3 Å². The summed E-state index contributed by atoms with van der Waals surface area (Å²) in [6.45, 7) is 3.42. The standard InChI is InChI=1S/C13H20ClNO2S/c1-2-7-15-8-12(16)10-18(17)9-11-5-3-4-6-13(11)14/h3-6,12,15-16H,2,7-10H2,1H3. The summed E-state index contributed by atoms with van der Waals surface area (Å²) in [5, 5.41) is 13.4. The zero-order valence-electron chi connectivity index (χ0n) is 10.6. The van der Waals surface area contributed by atoms with Crippen molar-refractivity contribution >= 4 is 22.4 Å². The zero-order chi connectivity index (χ0) is 13.4. The molecule has 18 heavy (non-hydrogen) atoms. The third-order valence-corrected chi connectivity index (χ3v) is 4.22. The Morgan fingerprint density at radius 2 is 2.17 bits per heavy atom. The summed E-state index contributed by atoms with van der Waals surface area (Å²) in [7, 11) is -1.09. The number of benzene rings is 1. The molecule has 0 spiro atoms. The first-order chi connectivity index (χ1) is 8.63. The quantitative estimate of drug-likeness (QED) is 0.719. The Hall–Kier alpha value is -0.420. The third kappa shape index (κ3) is 5.96. The number of nitrogens with one attached hydrogen (secondary N) is 1. The van der Waals surface area contributed by atoms with Crippen LogP contribution in [0.1, 0.15) is 18.9 Å². The molecule has 1 aromatic carbocycles. The second kappa shape index (κ2) is 8.64. The first kappa shape index (κ1) is 15.6. The van der Waals surface area contributed by atoms with Crippen molar-refractivity contribution in [3.05, 3.63) is 34.9 Å². The summed E-state index contributed by atoms with van der Waals surface area (Å²) in [4.78, 5) is 0. The van der Waals surface area contributed by atoms with Gasteiger partial charge in [0.05, 0.1) is 17.6 Å². The van der Waals surface area contributed by atoms with Gasteiger partial charge in [-0.3, -0.25) is 4.21 Å². The van der Waals surface area contributed by atoms with E-state index in [1.807, 2.05) is 18.2 Å². The van der Waals surface area contributed by atoms with Crippen LogP contribution in [0.4, 0.5) is 0 Å². The highest BCUT2D eigenvalue weighted by Gasteiger charge is 2.11. The average Bonchev–Trinajstić information content (AvgIpc) is 2.32. The van der Waals surface area contributed by atoms with Gasteiger partial charge in [0.15, 0.2) is 0 Å². The lowest BCUT2D eigenvalue weighted by Crippen LogP contribution is -2.31. The van der Waals surface area contributed by atoms with Gasteiger partial charge in [-0.25, -0.2) is 0 Å². The molecule has 1 rings (SSSR count). The maximum Gasteiger partial charge on any atom is 0.0779 e. The average molecular weight is 290 g/mol. The summed E-state index contributed by atoms with van der Waals surface area (Å²) in [5.41, 5.74) is 0.867. The molecule has 102 valence electrons. The monoisotopic (exact) mass is 289 g/mol. The fraction of sp³-hybridized carbons (Fsp3) is 0.538. The molecule has 0 aliphatic heterocycles. The number of rotatable bonds is 8. The second-order valence-corrected chi connectivity index (χ2v) is 6.11. The summed E-state index contributed by atoms with van der Waals surface area (Å²) in [6.07, 6.45) is 0.454. The normalized spacial score (nSPS) is 14.4. The summed E-state index contributed by atoms with van der Waals surface area (Å²) < 4.78 is 11.9. The lowest BCUT2D eigenvalue weighted by Gasteiger charge is -2.11. The van der Waals surface area contributed by atoms with Gasteiger partial charge in [-0.15, -0.1) is 0 Å². The lowest BCUT2D eigenvalue weighted by molar-refractivity contribution is 0.195. The molecule has 2 atom stereocenters. The first-order valence-electron chi connectivity index (χ1n) is 6.10. The van der Waals surface area contributed by atoms with Gasteiger partial charge in [-0.1, -0.05) is 36.7 Å². The smallest absolute Gasteiger partial charge is 0.0779 e. The van der Waals surface area contributed by atoms with Crippen molar-refractivity contribution in [3.63, 3.8) is 0 Å². The highest BCUT2D eigenvalue weighted by Crippen LogP contribution is 2.16. The Labute approximate surface area is 116 Å². The van der Waals surface area contributed by atoms with Crippen molar-refractivity contribution in [2.75, 3.05) is 18.8 Å². The molecule has 5 heteroatoms. The lowest BCUT2D eigenvalue weighted by atomic mass is 10.2. The molecule has 1 aromatic rings. The van der Waals surface area contributed by atoms with E-state index in [1.165, 1.54) is 0 Å². The van der Waals surface area contributed by atoms with Crippen LogP contribution in [0.3, 0.4) is 0 Å². The molecule has 0 saturated heterocycles. The predicted molar refractivity (Wildman–Crippen MR) is 77.3 cm³/mol. The predicted octanol–water partition coefficient (Wildman–Crippen LogP) is 1.95. The molecule has 0 heterocycles. The van der Waals surface area contributed by atoms with E-state index in [1.54, 1.807) is 6.07 Å². The SMILES string of the molecule is CCCNCC(O)CS(=O)Cc1ccccc1Cl. The molecule has 2 N–H and O–H groups in total. The van der Waals surface area contributed by atoms with Crippen molar-refractivity contribution in [2.45, 2.75) is 25.2 Å². The van der Waals surface area contributed by atoms with Crippen LogP contribution in [0.15, 0.2) is 24.3 Å². The maximum atomic E-state index is 11.9. The van der Waals surface area contributed by atoms with Crippen molar-refractivity contribution in [3.8, 4) is 0 Å². The van der Waals surface area contributed by atoms with Crippen LogP contribution in [0.5, 0.6) is 0 Å². The van der Waals surface area contributed by atoms with Crippen molar-refractivity contribution in [1.29, 1.82) is 0 Å². The van der Waals surface area contributed by atoms with E-state index in [4.69, 9.17) is 11.6 Å². The second-order valence-electron chi connectivity index (χ2n) is 4.20. The van der Waals surface area contributed by atoms with Gasteiger partial charge in [-0.05, 0) is 24.6 Å². The molecule has 2 unspecified atom stereocenters. The Morgan fingerprint density at radius 1 is 1.44 bits per heavy atom. The Morgan fingerprint density at radius 3 is 2.83 bits per heavy atom. The largest absolute Gasteiger partial charge is 0.391 e. The Kier molecular flexibility index (Phi) is 7.51. The molecule has 0 amide bonds. The minimum atomic E-state index is -1.09. The summed E-state index contributed by atoms with van der Waals surface area (Å²) in [6, 6.07) is 7.37. The van der Waals surface area contributed by atoms with E-state index < -0.39 is 16.9 Å². The number of halogens is 1. The van der Waals surface area contributed by atoms with Crippen LogP contribution in [0.25, 0.3) is 0 Å². The molecule has 0 saturated carbocycles. The van der Waals surface area contributed by atoms with E-state index in [-0.39, 0.29) is 5.75 Å². The summed E-state index contributed by atoms with van der Waals surface area (Å²) in [5.74, 6) is 0.673. The molecule has 0 aliphatic carbocycles. The van der Waals surface area contributed by atoms with Gasteiger partial charge in [0.2, 0.25) is 0 Å². The Bertz CT molecular complexity index is 387. The van der Waals surface area contributed by atoms with Gasteiger partial charge in [0, 0.05) is 22.4 Å². The maximum absolute atomic E-state index is 11.9. The van der Waals surface area contributed by atoms with Crippen molar-refractivity contribution < 1.29 is 9.32 Å². The fourth-order valence-corrected chi connectivity index (χ4v) is 3.11. The van der Waals surface area contributed by atoms with Crippen LogP contribution >= 0.6 is 11.6 Å². The van der Waals surface area contributed by atoms with E-state index >= 15 is 0 Å². The third-order valence-electron chi connectivity index (χ3n) is 2.46. The molecule has 0 fully saturated rings. The molecule has 3 nitrogen and oxygen atoms in total. The molecule has 0 aromatic heterocycles. The summed E-state index contributed by atoms with van der Waals surface area (Å²) >= 11 is 6.00. The van der Waals surface area contributed by atoms with Gasteiger partial charge >= 0.3 is 0 Å². The number of hydrogen-bond acceptors (Lipinski definition) is 3. The highest BCUT2D eigenvalue weighted by atomic mass is 35.5. The molecular weight excluding hydrogens is 270 g/mol. The van der Waals surface area contributed by atoms with Crippen LogP contribution < -0.4 is 5.32 Å². The Balaban J connectivity index is 2.35. The zero-order valence-corrected chi connectivity index (χ0v) is 12.1. The topological polar surface area (TPSA) is 49.3 Å². The van der Waals surface area contributed by atoms with Crippen molar-refractivity contribution in [1.82, 2.24) is 5.32 Å². The van der Waals surface area contributed by atoms with E-state index in [0.717, 1.165) is 18.5 Å². The molecule has 0 radical (unpaired) electrons. The number of aliphatic hydroxyl groups is 1. The van der Waals surface area contributed by atoms with Crippen molar-refractivity contribution in [2.24, 2.45) is 0 Å². The van der Waals surface area contributed by atoms with Gasteiger partial charge in [-0.2, -0.15) is 0 Å².